The van der Waals surface area contributed by atoms with Gasteiger partial charge in [-0.15, -0.1) is 0 Å². The fourth-order valence-electron chi connectivity index (χ4n) is 2.27. The van der Waals surface area contributed by atoms with Gasteiger partial charge in [0.2, 0.25) is 0 Å². The average molecular weight is 286 g/mol. The third-order valence-electron chi connectivity index (χ3n) is 3.43. The van der Waals surface area contributed by atoms with E-state index in [4.69, 9.17) is 5.21 Å². The number of aromatic amines is 1. The normalized spacial score (nSPS) is 23.9. The summed E-state index contributed by atoms with van der Waals surface area (Å²) in [4.78, 5) is 6.67. The summed E-state index contributed by atoms with van der Waals surface area (Å²) in [6.07, 6.45) is 2.54. The zero-order valence-corrected chi connectivity index (χ0v) is 11.8. The van der Waals surface area contributed by atoms with E-state index in [1.54, 1.807) is 6.92 Å². The first kappa shape index (κ1) is 14.0. The van der Waals surface area contributed by atoms with E-state index in [2.05, 4.69) is 15.1 Å². The van der Waals surface area contributed by atoms with E-state index < -0.39 is 10.0 Å². The Balaban J connectivity index is 2.23. The smallest absolute Gasteiger partial charge is 0.260 e. The number of aryl methyl sites for hydroxylation is 1. The van der Waals surface area contributed by atoms with Crippen LogP contribution in [-0.2, 0) is 10.0 Å². The van der Waals surface area contributed by atoms with Crippen LogP contribution in [0.3, 0.4) is 0 Å². The van der Waals surface area contributed by atoms with Crippen LogP contribution in [0.25, 0.3) is 0 Å². The van der Waals surface area contributed by atoms with E-state index in [1.165, 1.54) is 10.5 Å². The Hall–Kier alpha value is -1.41. The van der Waals surface area contributed by atoms with E-state index in [0.29, 0.717) is 31.0 Å². The lowest BCUT2D eigenvalue weighted by atomic mass is 9.95. The summed E-state index contributed by atoms with van der Waals surface area (Å²) >= 11 is 0. The number of rotatable bonds is 3. The van der Waals surface area contributed by atoms with Crippen molar-refractivity contribution in [1.29, 1.82) is 0 Å². The first-order chi connectivity index (χ1) is 8.98. The summed E-state index contributed by atoms with van der Waals surface area (Å²) in [5.41, 5.74) is 0.676. The molecule has 8 heteroatoms. The summed E-state index contributed by atoms with van der Waals surface area (Å²) in [5, 5.41) is 12.3. The monoisotopic (exact) mass is 286 g/mol. The number of sulfonamides is 1. The number of imidazole rings is 1. The van der Waals surface area contributed by atoms with Crippen LogP contribution in [0, 0.1) is 12.8 Å². The number of oxime groups is 1. The zero-order chi connectivity index (χ0) is 14.0. The molecule has 2 N–H and O–H groups in total. The largest absolute Gasteiger partial charge is 0.411 e. The molecule has 1 aromatic rings. The SMILES string of the molecule is CCC1CN(S(=O)(=O)c2cnc(C)[nH]2)CCC1=NO. The molecule has 1 aliphatic heterocycles. The van der Waals surface area contributed by atoms with Gasteiger partial charge in [-0.25, -0.2) is 13.4 Å². The Kier molecular flexibility index (Phi) is 3.91. The van der Waals surface area contributed by atoms with Gasteiger partial charge in [-0.3, -0.25) is 0 Å². The minimum atomic E-state index is -3.54. The number of piperidine rings is 1. The maximum Gasteiger partial charge on any atom is 0.260 e. The Morgan fingerprint density at radius 3 is 2.89 bits per heavy atom. The molecule has 19 heavy (non-hydrogen) atoms. The summed E-state index contributed by atoms with van der Waals surface area (Å²) in [7, 11) is -3.54. The van der Waals surface area contributed by atoms with Crippen molar-refractivity contribution in [3.8, 4) is 0 Å². The Morgan fingerprint density at radius 1 is 1.63 bits per heavy atom. The van der Waals surface area contributed by atoms with Gasteiger partial charge in [0.05, 0.1) is 11.9 Å². The van der Waals surface area contributed by atoms with Gasteiger partial charge >= 0.3 is 0 Å². The molecule has 0 bridgehead atoms. The summed E-state index contributed by atoms with van der Waals surface area (Å²) in [5.74, 6) is 0.540. The molecule has 2 rings (SSSR count). The minimum Gasteiger partial charge on any atom is -0.411 e. The molecule has 1 fully saturated rings. The zero-order valence-electron chi connectivity index (χ0n) is 11.0. The van der Waals surface area contributed by atoms with Crippen LogP contribution in [0.4, 0.5) is 0 Å². The molecule has 1 aromatic heterocycles. The van der Waals surface area contributed by atoms with E-state index in [0.717, 1.165) is 6.42 Å². The molecule has 1 unspecified atom stereocenters. The van der Waals surface area contributed by atoms with E-state index in [1.807, 2.05) is 6.92 Å². The molecule has 1 saturated heterocycles. The van der Waals surface area contributed by atoms with Gasteiger partial charge in [0.25, 0.3) is 10.0 Å². The second kappa shape index (κ2) is 5.30. The number of nitrogens with zero attached hydrogens (tertiary/aromatic N) is 3. The van der Waals surface area contributed by atoms with E-state index in [9.17, 15) is 8.42 Å². The van der Waals surface area contributed by atoms with Crippen molar-refractivity contribution < 1.29 is 13.6 Å². The lowest BCUT2D eigenvalue weighted by Crippen LogP contribution is -2.44. The quantitative estimate of drug-likeness (QED) is 0.639. The number of hydrogen-bond acceptors (Lipinski definition) is 5. The van der Waals surface area contributed by atoms with E-state index >= 15 is 0 Å². The molecule has 0 radical (unpaired) electrons. The predicted molar refractivity (Wildman–Crippen MR) is 69.7 cm³/mol. The molecular formula is C11H18N4O3S. The Morgan fingerprint density at radius 2 is 2.37 bits per heavy atom. The number of aromatic nitrogens is 2. The number of H-pyrrole nitrogens is 1. The molecule has 1 aliphatic rings. The molecule has 0 aliphatic carbocycles. The van der Waals surface area contributed by atoms with Crippen LogP contribution in [0.15, 0.2) is 16.4 Å². The first-order valence-corrected chi connectivity index (χ1v) is 7.65. The first-order valence-electron chi connectivity index (χ1n) is 6.21. The lowest BCUT2D eigenvalue weighted by molar-refractivity contribution is 0.295. The van der Waals surface area contributed by atoms with Crippen molar-refractivity contribution in [2.45, 2.75) is 31.7 Å². The minimum absolute atomic E-state index is 0.0301. The Bertz CT molecular complexity index is 579. The third kappa shape index (κ3) is 2.64. The van der Waals surface area contributed by atoms with Crippen molar-refractivity contribution in [2.75, 3.05) is 13.1 Å². The molecule has 0 saturated carbocycles. The van der Waals surface area contributed by atoms with E-state index in [-0.39, 0.29) is 10.9 Å². The molecule has 7 nitrogen and oxygen atoms in total. The van der Waals surface area contributed by atoms with Gasteiger partial charge < -0.3 is 10.2 Å². The maximum absolute atomic E-state index is 12.4. The second-order valence-corrected chi connectivity index (χ2v) is 6.55. The topological polar surface area (TPSA) is 98.7 Å². The fourth-order valence-corrected chi connectivity index (χ4v) is 3.72. The van der Waals surface area contributed by atoms with Gasteiger partial charge in [0.1, 0.15) is 5.82 Å². The van der Waals surface area contributed by atoms with Gasteiger partial charge in [0, 0.05) is 25.4 Å². The van der Waals surface area contributed by atoms with Crippen molar-refractivity contribution in [1.82, 2.24) is 14.3 Å². The predicted octanol–water partition coefficient (Wildman–Crippen LogP) is 0.969. The van der Waals surface area contributed by atoms with Crippen molar-refractivity contribution in [2.24, 2.45) is 11.1 Å². The highest BCUT2D eigenvalue weighted by atomic mass is 32.2. The molecular weight excluding hydrogens is 268 g/mol. The highest BCUT2D eigenvalue weighted by molar-refractivity contribution is 7.89. The van der Waals surface area contributed by atoms with Crippen LogP contribution in [0.2, 0.25) is 0 Å². The molecule has 0 aromatic carbocycles. The lowest BCUT2D eigenvalue weighted by Gasteiger charge is -2.31. The van der Waals surface area contributed by atoms with Crippen LogP contribution in [0.5, 0.6) is 0 Å². The van der Waals surface area contributed by atoms with Gasteiger partial charge in [-0.05, 0) is 13.3 Å². The number of nitrogens with one attached hydrogen (secondary N) is 1. The number of hydrogen-bond donors (Lipinski definition) is 2. The molecule has 1 atom stereocenters. The average Bonchev–Trinajstić information content (AvgIpc) is 2.85. The summed E-state index contributed by atoms with van der Waals surface area (Å²) in [6.45, 7) is 4.33. The van der Waals surface area contributed by atoms with Crippen molar-refractivity contribution in [3.05, 3.63) is 12.0 Å². The highest BCUT2D eigenvalue weighted by Gasteiger charge is 2.33. The second-order valence-electron chi connectivity index (χ2n) is 4.64. The molecule has 0 amide bonds. The summed E-state index contributed by atoms with van der Waals surface area (Å²) in [6, 6.07) is 0. The summed E-state index contributed by atoms with van der Waals surface area (Å²) < 4.78 is 26.2. The van der Waals surface area contributed by atoms with Crippen molar-refractivity contribution in [3.63, 3.8) is 0 Å². The van der Waals surface area contributed by atoms with Crippen LogP contribution < -0.4 is 0 Å². The fraction of sp³-hybridized carbons (Fsp3) is 0.636. The third-order valence-corrected chi connectivity index (χ3v) is 5.21. The maximum atomic E-state index is 12.4. The van der Waals surface area contributed by atoms with Crippen LogP contribution in [0.1, 0.15) is 25.6 Å². The van der Waals surface area contributed by atoms with Gasteiger partial charge in [-0.1, -0.05) is 12.1 Å². The van der Waals surface area contributed by atoms with Crippen LogP contribution in [-0.4, -0.2) is 46.7 Å². The van der Waals surface area contributed by atoms with Gasteiger partial charge in [-0.2, -0.15) is 4.31 Å². The van der Waals surface area contributed by atoms with Crippen molar-refractivity contribution >= 4 is 15.7 Å². The molecule has 0 spiro atoms. The Labute approximate surface area is 112 Å². The molecule has 2 heterocycles. The van der Waals surface area contributed by atoms with Gasteiger partial charge in [0.15, 0.2) is 5.03 Å². The van der Waals surface area contributed by atoms with Crippen LogP contribution >= 0.6 is 0 Å². The standard InChI is InChI=1S/C11H18N4O3S/c1-3-9-7-15(5-4-10(9)14-16)19(17,18)11-6-12-8(2)13-11/h6,9,16H,3-5,7H2,1-2H3,(H,12,13). The molecule has 106 valence electrons. The highest BCUT2D eigenvalue weighted by Crippen LogP contribution is 2.23.